The molecule has 1 saturated heterocycles. The molecule has 64 valence electrons. The second-order valence-corrected chi connectivity index (χ2v) is 3.65. The van der Waals surface area contributed by atoms with Crippen LogP contribution in [0.4, 0.5) is 0 Å². The van der Waals surface area contributed by atoms with Crippen LogP contribution in [-0.2, 0) is 0 Å². The van der Waals surface area contributed by atoms with Crippen molar-refractivity contribution < 1.29 is 0 Å². The van der Waals surface area contributed by atoms with Gasteiger partial charge in [0.15, 0.2) is 0 Å². The summed E-state index contributed by atoms with van der Waals surface area (Å²) in [4.78, 5) is 6.49. The lowest BCUT2D eigenvalue weighted by Crippen LogP contribution is -2.45. The summed E-state index contributed by atoms with van der Waals surface area (Å²) in [7, 11) is 2.16. The summed E-state index contributed by atoms with van der Waals surface area (Å²) in [5.41, 5.74) is 1.35. The van der Waals surface area contributed by atoms with E-state index in [4.69, 9.17) is 0 Å². The fourth-order valence-corrected chi connectivity index (χ4v) is 2.10. The Morgan fingerprint density at radius 1 is 1.58 bits per heavy atom. The molecule has 2 rings (SSSR count). The van der Waals surface area contributed by atoms with Crippen molar-refractivity contribution in [2.75, 3.05) is 13.6 Å². The van der Waals surface area contributed by atoms with E-state index in [0.717, 1.165) is 5.92 Å². The van der Waals surface area contributed by atoms with Gasteiger partial charge in [0.05, 0.1) is 0 Å². The van der Waals surface area contributed by atoms with Crippen molar-refractivity contribution in [3.05, 3.63) is 30.1 Å². The van der Waals surface area contributed by atoms with Gasteiger partial charge in [-0.1, -0.05) is 13.0 Å². The number of hydrogen-bond acceptors (Lipinski definition) is 2. The van der Waals surface area contributed by atoms with Gasteiger partial charge in [-0.3, -0.25) is 9.88 Å². The normalized spacial score (nSPS) is 29.8. The smallest absolute Gasteiger partial charge is 0.0398 e. The number of rotatable bonds is 1. The number of pyridine rings is 1. The van der Waals surface area contributed by atoms with Crippen molar-refractivity contribution >= 4 is 0 Å². The molecule has 1 aliphatic rings. The SMILES string of the molecule is C[C@H]1CN(C)[C@@H]1c1cccnc1. The van der Waals surface area contributed by atoms with Crippen LogP contribution in [0.3, 0.4) is 0 Å². The van der Waals surface area contributed by atoms with E-state index in [1.165, 1.54) is 12.1 Å². The van der Waals surface area contributed by atoms with Crippen molar-refractivity contribution in [2.24, 2.45) is 5.92 Å². The first-order valence-electron chi connectivity index (χ1n) is 4.39. The van der Waals surface area contributed by atoms with Crippen molar-refractivity contribution in [1.82, 2.24) is 9.88 Å². The Morgan fingerprint density at radius 3 is 2.92 bits per heavy atom. The maximum atomic E-state index is 4.13. The molecule has 2 nitrogen and oxygen atoms in total. The molecule has 0 radical (unpaired) electrons. The third kappa shape index (κ3) is 1.12. The van der Waals surface area contributed by atoms with Crippen LogP contribution < -0.4 is 0 Å². The molecule has 0 aromatic carbocycles. The Morgan fingerprint density at radius 2 is 2.42 bits per heavy atom. The molecule has 1 aromatic rings. The van der Waals surface area contributed by atoms with Crippen LogP contribution in [0, 0.1) is 5.92 Å². The first-order chi connectivity index (χ1) is 5.79. The van der Waals surface area contributed by atoms with Crippen LogP contribution in [0.25, 0.3) is 0 Å². The van der Waals surface area contributed by atoms with E-state index in [1.807, 2.05) is 18.5 Å². The van der Waals surface area contributed by atoms with Gasteiger partial charge < -0.3 is 0 Å². The lowest BCUT2D eigenvalue weighted by Gasteiger charge is -2.44. The Hall–Kier alpha value is -0.890. The number of hydrogen-bond donors (Lipinski definition) is 0. The predicted molar refractivity (Wildman–Crippen MR) is 48.8 cm³/mol. The van der Waals surface area contributed by atoms with Crippen molar-refractivity contribution in [3.8, 4) is 0 Å². The van der Waals surface area contributed by atoms with E-state index < -0.39 is 0 Å². The van der Waals surface area contributed by atoms with Crippen LogP contribution >= 0.6 is 0 Å². The van der Waals surface area contributed by atoms with Crippen molar-refractivity contribution in [2.45, 2.75) is 13.0 Å². The maximum absolute atomic E-state index is 4.13. The molecular weight excluding hydrogens is 148 g/mol. The Balaban J connectivity index is 2.20. The largest absolute Gasteiger partial charge is 0.299 e. The van der Waals surface area contributed by atoms with Gasteiger partial charge in [-0.05, 0) is 24.6 Å². The van der Waals surface area contributed by atoms with Crippen molar-refractivity contribution in [1.29, 1.82) is 0 Å². The highest BCUT2D eigenvalue weighted by Gasteiger charge is 2.33. The molecule has 0 unspecified atom stereocenters. The average molecular weight is 162 g/mol. The molecule has 0 saturated carbocycles. The summed E-state index contributed by atoms with van der Waals surface area (Å²) in [6.07, 6.45) is 3.80. The summed E-state index contributed by atoms with van der Waals surface area (Å²) in [5, 5.41) is 0. The van der Waals surface area contributed by atoms with E-state index in [0.29, 0.717) is 6.04 Å². The first kappa shape index (κ1) is 7.74. The minimum atomic E-state index is 0.596. The molecule has 0 spiro atoms. The number of likely N-dealkylation sites (tertiary alicyclic amines) is 1. The molecule has 1 aliphatic heterocycles. The van der Waals surface area contributed by atoms with Gasteiger partial charge in [-0.2, -0.15) is 0 Å². The van der Waals surface area contributed by atoms with E-state index >= 15 is 0 Å². The summed E-state index contributed by atoms with van der Waals surface area (Å²) in [6.45, 7) is 3.50. The quantitative estimate of drug-likeness (QED) is 0.625. The van der Waals surface area contributed by atoms with Gasteiger partial charge in [0.1, 0.15) is 0 Å². The van der Waals surface area contributed by atoms with Gasteiger partial charge in [-0.25, -0.2) is 0 Å². The summed E-state index contributed by atoms with van der Waals surface area (Å²) in [5.74, 6) is 0.777. The summed E-state index contributed by atoms with van der Waals surface area (Å²) in [6, 6.07) is 4.76. The van der Waals surface area contributed by atoms with E-state index in [9.17, 15) is 0 Å². The standard InChI is InChI=1S/C10H14N2/c1-8-7-12(2)10(8)9-4-3-5-11-6-9/h3-6,8,10H,7H2,1-2H3/t8-,10-/m0/s1. The zero-order valence-electron chi connectivity index (χ0n) is 7.57. The molecule has 2 heterocycles. The van der Waals surface area contributed by atoms with Crippen molar-refractivity contribution in [3.63, 3.8) is 0 Å². The first-order valence-corrected chi connectivity index (χ1v) is 4.39. The fraction of sp³-hybridized carbons (Fsp3) is 0.500. The minimum Gasteiger partial charge on any atom is -0.299 e. The molecule has 1 aromatic heterocycles. The van der Waals surface area contributed by atoms with Crippen LogP contribution in [0.5, 0.6) is 0 Å². The van der Waals surface area contributed by atoms with Gasteiger partial charge in [0.25, 0.3) is 0 Å². The second kappa shape index (κ2) is 2.87. The molecular formula is C10H14N2. The zero-order valence-corrected chi connectivity index (χ0v) is 7.57. The summed E-state index contributed by atoms with van der Waals surface area (Å²) >= 11 is 0. The topological polar surface area (TPSA) is 16.1 Å². The van der Waals surface area contributed by atoms with Crippen LogP contribution in [0.2, 0.25) is 0 Å². The van der Waals surface area contributed by atoms with Crippen LogP contribution in [0.1, 0.15) is 18.5 Å². The van der Waals surface area contributed by atoms with Gasteiger partial charge in [0.2, 0.25) is 0 Å². The predicted octanol–water partition coefficient (Wildman–Crippen LogP) is 1.70. The molecule has 2 atom stereocenters. The van der Waals surface area contributed by atoms with Crippen LogP contribution in [0.15, 0.2) is 24.5 Å². The Kier molecular flexibility index (Phi) is 1.85. The minimum absolute atomic E-state index is 0.596. The highest BCUT2D eigenvalue weighted by molar-refractivity contribution is 5.17. The lowest BCUT2D eigenvalue weighted by molar-refractivity contribution is 0.0527. The molecule has 0 bridgehead atoms. The highest BCUT2D eigenvalue weighted by atomic mass is 15.2. The van der Waals surface area contributed by atoms with E-state index in [-0.39, 0.29) is 0 Å². The monoisotopic (exact) mass is 162 g/mol. The fourth-order valence-electron chi connectivity index (χ4n) is 2.10. The molecule has 0 N–H and O–H groups in total. The summed E-state index contributed by atoms with van der Waals surface area (Å²) < 4.78 is 0. The number of aromatic nitrogens is 1. The Labute approximate surface area is 73.2 Å². The molecule has 2 heteroatoms. The van der Waals surface area contributed by atoms with Gasteiger partial charge in [-0.15, -0.1) is 0 Å². The number of nitrogens with zero attached hydrogens (tertiary/aromatic N) is 2. The molecule has 12 heavy (non-hydrogen) atoms. The lowest BCUT2D eigenvalue weighted by atomic mass is 9.86. The van der Waals surface area contributed by atoms with E-state index in [2.05, 4.69) is 29.9 Å². The molecule has 0 aliphatic carbocycles. The second-order valence-electron chi connectivity index (χ2n) is 3.65. The van der Waals surface area contributed by atoms with Gasteiger partial charge in [0, 0.05) is 25.0 Å². The highest BCUT2D eigenvalue weighted by Crippen LogP contribution is 2.35. The average Bonchev–Trinajstić information content (AvgIpc) is 2.05. The third-order valence-corrected chi connectivity index (χ3v) is 2.62. The maximum Gasteiger partial charge on any atom is 0.0398 e. The third-order valence-electron chi connectivity index (χ3n) is 2.62. The Bertz CT molecular complexity index is 250. The molecule has 0 amide bonds. The molecule has 1 fully saturated rings. The zero-order chi connectivity index (χ0) is 8.55. The van der Waals surface area contributed by atoms with Crippen LogP contribution in [-0.4, -0.2) is 23.5 Å². The van der Waals surface area contributed by atoms with Gasteiger partial charge >= 0.3 is 0 Å². The van der Waals surface area contributed by atoms with E-state index in [1.54, 1.807) is 0 Å².